The molecule has 2 aromatic rings. The van der Waals surface area contributed by atoms with Gasteiger partial charge in [-0.15, -0.1) is 0 Å². The molecule has 0 spiro atoms. The van der Waals surface area contributed by atoms with E-state index < -0.39 is 0 Å². The SMILES string of the molecule is CCCOc1c(Br)cc(C(=O)N(C)C(C)c2ccco2)cc1OC. The van der Waals surface area contributed by atoms with Gasteiger partial charge in [-0.3, -0.25) is 4.79 Å². The number of benzene rings is 1. The van der Waals surface area contributed by atoms with Gasteiger partial charge in [0.05, 0.1) is 30.5 Å². The maximum absolute atomic E-state index is 12.8. The van der Waals surface area contributed by atoms with E-state index in [0.717, 1.165) is 12.2 Å². The van der Waals surface area contributed by atoms with Crippen LogP contribution in [-0.2, 0) is 0 Å². The third kappa shape index (κ3) is 3.93. The average Bonchev–Trinajstić information content (AvgIpc) is 3.12. The van der Waals surface area contributed by atoms with E-state index in [0.29, 0.717) is 28.1 Å². The second kappa shape index (κ2) is 8.24. The Hall–Kier alpha value is -1.95. The van der Waals surface area contributed by atoms with Crippen LogP contribution in [0.2, 0.25) is 0 Å². The van der Waals surface area contributed by atoms with Crippen LogP contribution in [0, 0.1) is 0 Å². The summed E-state index contributed by atoms with van der Waals surface area (Å²) in [6.45, 7) is 4.53. The van der Waals surface area contributed by atoms with Crippen LogP contribution < -0.4 is 9.47 Å². The molecule has 0 fully saturated rings. The third-order valence-electron chi connectivity index (χ3n) is 3.78. The van der Waals surface area contributed by atoms with Crippen LogP contribution in [0.5, 0.6) is 11.5 Å². The Bertz CT molecular complexity index is 685. The molecule has 0 saturated heterocycles. The van der Waals surface area contributed by atoms with Gasteiger partial charge in [0.1, 0.15) is 5.76 Å². The molecule has 1 unspecified atom stereocenters. The molecule has 1 aromatic heterocycles. The van der Waals surface area contributed by atoms with Gasteiger partial charge in [-0.2, -0.15) is 0 Å². The van der Waals surface area contributed by atoms with E-state index in [1.807, 2.05) is 26.0 Å². The van der Waals surface area contributed by atoms with Crippen LogP contribution >= 0.6 is 15.9 Å². The Balaban J connectivity index is 2.27. The van der Waals surface area contributed by atoms with E-state index in [9.17, 15) is 4.79 Å². The number of hydrogen-bond donors (Lipinski definition) is 0. The molecule has 0 saturated carbocycles. The minimum Gasteiger partial charge on any atom is -0.493 e. The van der Waals surface area contributed by atoms with Crippen LogP contribution in [0.4, 0.5) is 0 Å². The first-order valence-corrected chi connectivity index (χ1v) is 8.59. The standard InChI is InChI=1S/C18H22BrNO4/c1-5-8-24-17-14(19)10-13(11-16(17)22-4)18(21)20(3)12(2)15-7-6-9-23-15/h6-7,9-12H,5,8H2,1-4H3. The van der Waals surface area contributed by atoms with Crippen molar-refractivity contribution in [3.8, 4) is 11.5 Å². The first kappa shape index (κ1) is 18.4. The van der Waals surface area contributed by atoms with Crippen molar-refractivity contribution < 1.29 is 18.7 Å². The summed E-state index contributed by atoms with van der Waals surface area (Å²) < 4.78 is 17.2. The summed E-state index contributed by atoms with van der Waals surface area (Å²) in [5.41, 5.74) is 0.517. The number of methoxy groups -OCH3 is 1. The van der Waals surface area contributed by atoms with Gasteiger partial charge in [-0.05, 0) is 53.5 Å². The lowest BCUT2D eigenvalue weighted by molar-refractivity contribution is 0.0725. The maximum atomic E-state index is 12.8. The summed E-state index contributed by atoms with van der Waals surface area (Å²) >= 11 is 3.47. The van der Waals surface area contributed by atoms with Gasteiger partial charge in [0, 0.05) is 12.6 Å². The number of carbonyl (C=O) groups is 1. The largest absolute Gasteiger partial charge is 0.493 e. The van der Waals surface area contributed by atoms with Crippen molar-refractivity contribution >= 4 is 21.8 Å². The highest BCUT2D eigenvalue weighted by atomic mass is 79.9. The van der Waals surface area contributed by atoms with Gasteiger partial charge in [0.2, 0.25) is 0 Å². The van der Waals surface area contributed by atoms with Crippen molar-refractivity contribution in [2.45, 2.75) is 26.3 Å². The summed E-state index contributed by atoms with van der Waals surface area (Å²) in [7, 11) is 3.31. The number of carbonyl (C=O) groups excluding carboxylic acids is 1. The van der Waals surface area contributed by atoms with Crippen molar-refractivity contribution in [3.63, 3.8) is 0 Å². The number of furan rings is 1. The van der Waals surface area contributed by atoms with Gasteiger partial charge in [-0.25, -0.2) is 0 Å². The predicted molar refractivity (Wildman–Crippen MR) is 95.7 cm³/mol. The molecule has 0 radical (unpaired) electrons. The minimum absolute atomic E-state index is 0.125. The first-order chi connectivity index (χ1) is 11.5. The molecule has 0 bridgehead atoms. The molecule has 6 heteroatoms. The topological polar surface area (TPSA) is 51.9 Å². The summed E-state index contributed by atoms with van der Waals surface area (Å²) in [5.74, 6) is 1.75. The molecule has 1 amide bonds. The van der Waals surface area contributed by atoms with E-state index in [-0.39, 0.29) is 11.9 Å². The highest BCUT2D eigenvalue weighted by Gasteiger charge is 2.23. The number of rotatable bonds is 7. The molecule has 0 aliphatic rings. The zero-order valence-electron chi connectivity index (χ0n) is 14.3. The number of hydrogen-bond acceptors (Lipinski definition) is 4. The quantitative estimate of drug-likeness (QED) is 0.683. The number of ether oxygens (including phenoxy) is 2. The molecule has 1 atom stereocenters. The monoisotopic (exact) mass is 395 g/mol. The molecular weight excluding hydrogens is 374 g/mol. The Morgan fingerprint density at radius 2 is 2.17 bits per heavy atom. The Labute approximate surface area is 150 Å². The second-order valence-corrected chi connectivity index (χ2v) is 6.30. The van der Waals surface area contributed by atoms with Gasteiger partial charge >= 0.3 is 0 Å². The summed E-state index contributed by atoms with van der Waals surface area (Å²) in [6.07, 6.45) is 2.49. The first-order valence-electron chi connectivity index (χ1n) is 7.80. The van der Waals surface area contributed by atoms with Crippen LogP contribution in [0.1, 0.15) is 42.4 Å². The van der Waals surface area contributed by atoms with Crippen molar-refractivity contribution in [3.05, 3.63) is 46.3 Å². The molecule has 1 aromatic carbocycles. The molecule has 130 valence electrons. The molecular formula is C18H22BrNO4. The zero-order valence-corrected chi connectivity index (χ0v) is 15.9. The molecule has 5 nitrogen and oxygen atoms in total. The van der Waals surface area contributed by atoms with E-state index >= 15 is 0 Å². The summed E-state index contributed by atoms with van der Waals surface area (Å²) in [6, 6.07) is 6.94. The normalized spacial score (nSPS) is 11.9. The van der Waals surface area contributed by atoms with E-state index in [1.165, 1.54) is 0 Å². The fraction of sp³-hybridized carbons (Fsp3) is 0.389. The molecule has 0 aliphatic heterocycles. The minimum atomic E-state index is -0.173. The van der Waals surface area contributed by atoms with Crippen LogP contribution in [0.25, 0.3) is 0 Å². The fourth-order valence-electron chi connectivity index (χ4n) is 2.29. The Kier molecular flexibility index (Phi) is 6.31. The molecule has 0 aliphatic carbocycles. The lowest BCUT2D eigenvalue weighted by atomic mass is 10.1. The lowest BCUT2D eigenvalue weighted by Gasteiger charge is -2.24. The van der Waals surface area contributed by atoms with Crippen molar-refractivity contribution in [1.29, 1.82) is 0 Å². The van der Waals surface area contributed by atoms with Gasteiger partial charge in [0.15, 0.2) is 11.5 Å². The lowest BCUT2D eigenvalue weighted by Crippen LogP contribution is -2.29. The summed E-state index contributed by atoms with van der Waals surface area (Å²) in [5, 5.41) is 0. The van der Waals surface area contributed by atoms with Crippen LogP contribution in [-0.4, -0.2) is 31.6 Å². The van der Waals surface area contributed by atoms with Gasteiger partial charge in [-0.1, -0.05) is 6.92 Å². The van der Waals surface area contributed by atoms with E-state index in [1.54, 1.807) is 37.5 Å². The number of amides is 1. The zero-order chi connectivity index (χ0) is 17.7. The molecule has 1 heterocycles. The molecule has 2 rings (SSSR count). The van der Waals surface area contributed by atoms with Crippen molar-refractivity contribution in [2.24, 2.45) is 0 Å². The fourth-order valence-corrected chi connectivity index (χ4v) is 2.84. The Morgan fingerprint density at radius 1 is 1.42 bits per heavy atom. The van der Waals surface area contributed by atoms with E-state index in [4.69, 9.17) is 13.9 Å². The van der Waals surface area contributed by atoms with E-state index in [2.05, 4.69) is 15.9 Å². The maximum Gasteiger partial charge on any atom is 0.254 e. The van der Waals surface area contributed by atoms with Crippen LogP contribution in [0.15, 0.2) is 39.4 Å². The molecule has 0 N–H and O–H groups in total. The number of halogens is 1. The Morgan fingerprint density at radius 3 is 2.75 bits per heavy atom. The smallest absolute Gasteiger partial charge is 0.254 e. The highest BCUT2D eigenvalue weighted by molar-refractivity contribution is 9.10. The third-order valence-corrected chi connectivity index (χ3v) is 4.37. The molecule has 24 heavy (non-hydrogen) atoms. The summed E-state index contributed by atoms with van der Waals surface area (Å²) in [4.78, 5) is 14.4. The average molecular weight is 396 g/mol. The second-order valence-electron chi connectivity index (χ2n) is 5.45. The van der Waals surface area contributed by atoms with Crippen molar-refractivity contribution in [1.82, 2.24) is 4.90 Å². The predicted octanol–water partition coefficient (Wildman–Crippen LogP) is 4.67. The van der Waals surface area contributed by atoms with Crippen molar-refractivity contribution in [2.75, 3.05) is 20.8 Å². The van der Waals surface area contributed by atoms with Gasteiger partial charge in [0.25, 0.3) is 5.91 Å². The van der Waals surface area contributed by atoms with Gasteiger partial charge < -0.3 is 18.8 Å². The van der Waals surface area contributed by atoms with Crippen LogP contribution in [0.3, 0.4) is 0 Å². The highest BCUT2D eigenvalue weighted by Crippen LogP contribution is 2.37. The number of nitrogens with zero attached hydrogens (tertiary/aromatic N) is 1.